The number of aromatic amines is 1. The molecule has 2 aliphatic rings. The zero-order chi connectivity index (χ0) is 22.8. The number of para-hydroxylation sites is 1. The number of hydrogen-bond donors (Lipinski definition) is 2. The smallest absolute Gasteiger partial charge is 0.250 e. The maximum Gasteiger partial charge on any atom is 0.250 e. The van der Waals surface area contributed by atoms with Crippen LogP contribution in [0.5, 0.6) is 0 Å². The minimum absolute atomic E-state index is 0.0372. The van der Waals surface area contributed by atoms with Gasteiger partial charge in [-0.15, -0.1) is 0 Å². The highest BCUT2D eigenvalue weighted by Gasteiger charge is 2.47. The molecule has 0 aliphatic carbocycles. The van der Waals surface area contributed by atoms with E-state index in [0.29, 0.717) is 25.8 Å². The lowest BCUT2D eigenvalue weighted by atomic mass is 9.97. The van der Waals surface area contributed by atoms with E-state index in [2.05, 4.69) is 21.3 Å². The van der Waals surface area contributed by atoms with Crippen molar-refractivity contribution in [3.8, 4) is 0 Å². The molecule has 33 heavy (non-hydrogen) atoms. The summed E-state index contributed by atoms with van der Waals surface area (Å²) in [6, 6.07) is 16.1. The predicted molar refractivity (Wildman–Crippen MR) is 129 cm³/mol. The van der Waals surface area contributed by atoms with Gasteiger partial charge in [0.25, 0.3) is 0 Å². The van der Waals surface area contributed by atoms with E-state index in [1.807, 2.05) is 55.6 Å². The van der Waals surface area contributed by atoms with E-state index in [1.165, 1.54) is 0 Å². The average molecular weight is 447 g/mol. The van der Waals surface area contributed by atoms with Gasteiger partial charge in [0.1, 0.15) is 5.54 Å². The van der Waals surface area contributed by atoms with Crippen LogP contribution in [0.3, 0.4) is 0 Å². The van der Waals surface area contributed by atoms with Crippen molar-refractivity contribution in [1.29, 1.82) is 0 Å². The Bertz CT molecular complexity index is 1150. The van der Waals surface area contributed by atoms with E-state index in [-0.39, 0.29) is 11.8 Å². The third kappa shape index (κ3) is 4.20. The Labute approximate surface area is 193 Å². The molecule has 1 aromatic heterocycles. The first kappa shape index (κ1) is 21.5. The quantitative estimate of drug-likeness (QED) is 0.607. The molecule has 0 radical (unpaired) electrons. The third-order valence-electron chi connectivity index (χ3n) is 6.99. The number of amides is 2. The van der Waals surface area contributed by atoms with Crippen molar-refractivity contribution in [2.75, 3.05) is 43.1 Å². The van der Waals surface area contributed by atoms with Gasteiger partial charge < -0.3 is 24.8 Å². The summed E-state index contributed by atoms with van der Waals surface area (Å²) in [5.41, 5.74) is 3.26. The highest BCUT2D eigenvalue weighted by atomic mass is 16.5. The molecule has 2 aromatic carbocycles. The Hall–Kier alpha value is -3.32. The molecule has 0 bridgehead atoms. The molecule has 2 fully saturated rings. The standard InChI is InChI=1S/C26H30N4O3/c1-26(25(32)28-20-6-8-21(9-7-20)29-14-16-33-17-15-29)12-10-24(31)30(26)13-11-19-18-27-23-5-3-2-4-22(19)23/h2-9,18,27H,10-17H2,1H3,(H,28,32)/t26-/m1/s1. The molecule has 172 valence electrons. The Morgan fingerprint density at radius 1 is 1.12 bits per heavy atom. The van der Waals surface area contributed by atoms with Crippen LogP contribution in [-0.2, 0) is 20.7 Å². The summed E-state index contributed by atoms with van der Waals surface area (Å²) in [6.45, 7) is 5.61. The largest absolute Gasteiger partial charge is 0.378 e. The van der Waals surface area contributed by atoms with Crippen LogP contribution >= 0.6 is 0 Å². The lowest BCUT2D eigenvalue weighted by Gasteiger charge is -2.34. The zero-order valence-electron chi connectivity index (χ0n) is 19.0. The van der Waals surface area contributed by atoms with Crippen LogP contribution in [-0.4, -0.2) is 60.1 Å². The maximum absolute atomic E-state index is 13.3. The van der Waals surface area contributed by atoms with Crippen LogP contribution in [0, 0.1) is 0 Å². The lowest BCUT2D eigenvalue weighted by Crippen LogP contribution is -2.52. The number of fused-ring (bicyclic) bond motifs is 1. The summed E-state index contributed by atoms with van der Waals surface area (Å²) in [5.74, 6) is -0.0958. The van der Waals surface area contributed by atoms with Gasteiger partial charge in [-0.1, -0.05) is 18.2 Å². The van der Waals surface area contributed by atoms with E-state index < -0.39 is 5.54 Å². The Balaban J connectivity index is 1.26. The van der Waals surface area contributed by atoms with E-state index in [4.69, 9.17) is 4.74 Å². The molecular formula is C26H30N4O3. The highest BCUT2D eigenvalue weighted by Crippen LogP contribution is 2.32. The van der Waals surface area contributed by atoms with Crippen LogP contribution in [0.4, 0.5) is 11.4 Å². The number of nitrogens with one attached hydrogen (secondary N) is 2. The van der Waals surface area contributed by atoms with Crippen LogP contribution in [0.15, 0.2) is 54.7 Å². The first-order valence-corrected chi connectivity index (χ1v) is 11.6. The number of hydrogen-bond acceptors (Lipinski definition) is 4. The molecule has 5 rings (SSSR count). The summed E-state index contributed by atoms with van der Waals surface area (Å²) >= 11 is 0. The van der Waals surface area contributed by atoms with Gasteiger partial charge >= 0.3 is 0 Å². The Morgan fingerprint density at radius 3 is 2.67 bits per heavy atom. The normalized spacial score (nSPS) is 21.1. The van der Waals surface area contributed by atoms with E-state index in [0.717, 1.165) is 54.1 Å². The first-order valence-electron chi connectivity index (χ1n) is 11.6. The number of carbonyl (C=O) groups excluding carboxylic acids is 2. The number of anilines is 2. The lowest BCUT2D eigenvalue weighted by molar-refractivity contribution is -0.137. The fraction of sp³-hybridized carbons (Fsp3) is 0.385. The van der Waals surface area contributed by atoms with Gasteiger partial charge in [0.2, 0.25) is 11.8 Å². The van der Waals surface area contributed by atoms with Gasteiger partial charge in [0.05, 0.1) is 13.2 Å². The zero-order valence-corrected chi connectivity index (χ0v) is 19.0. The summed E-state index contributed by atoms with van der Waals surface area (Å²) in [6.07, 6.45) is 3.62. The molecule has 3 aromatic rings. The second-order valence-corrected chi connectivity index (χ2v) is 9.03. The van der Waals surface area contributed by atoms with Gasteiger partial charge in [0.15, 0.2) is 0 Å². The molecule has 3 heterocycles. The Morgan fingerprint density at radius 2 is 1.88 bits per heavy atom. The molecule has 2 amide bonds. The minimum atomic E-state index is -0.855. The molecule has 0 saturated carbocycles. The topological polar surface area (TPSA) is 77.7 Å². The fourth-order valence-electron chi connectivity index (χ4n) is 4.92. The van der Waals surface area contributed by atoms with Crippen molar-refractivity contribution in [2.45, 2.75) is 31.7 Å². The maximum atomic E-state index is 13.3. The van der Waals surface area contributed by atoms with Gasteiger partial charge in [-0.05, 0) is 55.7 Å². The van der Waals surface area contributed by atoms with Crippen molar-refractivity contribution < 1.29 is 14.3 Å². The number of aromatic nitrogens is 1. The third-order valence-corrected chi connectivity index (χ3v) is 6.99. The van der Waals surface area contributed by atoms with E-state index in [9.17, 15) is 9.59 Å². The molecule has 1 atom stereocenters. The number of likely N-dealkylation sites (tertiary alicyclic amines) is 1. The summed E-state index contributed by atoms with van der Waals surface area (Å²) in [7, 11) is 0. The monoisotopic (exact) mass is 446 g/mol. The minimum Gasteiger partial charge on any atom is -0.378 e. The van der Waals surface area contributed by atoms with E-state index >= 15 is 0 Å². The Kier molecular flexibility index (Phi) is 5.81. The molecule has 7 nitrogen and oxygen atoms in total. The van der Waals surface area contributed by atoms with Crippen LogP contribution in [0.1, 0.15) is 25.3 Å². The van der Waals surface area contributed by atoms with Gasteiger partial charge in [-0.2, -0.15) is 0 Å². The SMILES string of the molecule is C[C@]1(C(=O)Nc2ccc(N3CCOCC3)cc2)CCC(=O)N1CCc1c[nH]c2ccccc12. The molecular weight excluding hydrogens is 416 g/mol. The highest BCUT2D eigenvalue weighted by molar-refractivity contribution is 6.02. The van der Waals surface area contributed by atoms with Crippen LogP contribution < -0.4 is 10.2 Å². The number of carbonyl (C=O) groups is 2. The summed E-state index contributed by atoms with van der Waals surface area (Å²) < 4.78 is 5.42. The van der Waals surface area contributed by atoms with Crippen molar-refractivity contribution in [2.24, 2.45) is 0 Å². The summed E-state index contributed by atoms with van der Waals surface area (Å²) in [4.78, 5) is 33.3. The predicted octanol–water partition coefficient (Wildman–Crippen LogP) is 3.57. The number of rotatable bonds is 6. The first-order chi connectivity index (χ1) is 16.0. The van der Waals surface area contributed by atoms with Crippen molar-refractivity contribution in [3.05, 3.63) is 60.3 Å². The average Bonchev–Trinajstić information content (AvgIpc) is 3.39. The van der Waals surface area contributed by atoms with Gasteiger partial charge in [-0.3, -0.25) is 9.59 Å². The van der Waals surface area contributed by atoms with Gasteiger partial charge in [-0.25, -0.2) is 0 Å². The molecule has 0 unspecified atom stereocenters. The molecule has 2 aliphatic heterocycles. The van der Waals surface area contributed by atoms with Crippen LogP contribution in [0.2, 0.25) is 0 Å². The van der Waals surface area contributed by atoms with Crippen molar-refractivity contribution in [3.63, 3.8) is 0 Å². The fourth-order valence-corrected chi connectivity index (χ4v) is 4.92. The van der Waals surface area contributed by atoms with E-state index in [1.54, 1.807) is 4.90 Å². The number of morpholine rings is 1. The second kappa shape index (κ2) is 8.90. The summed E-state index contributed by atoms with van der Waals surface area (Å²) in [5, 5.41) is 4.21. The molecule has 0 spiro atoms. The second-order valence-electron chi connectivity index (χ2n) is 9.03. The van der Waals surface area contributed by atoms with Crippen molar-refractivity contribution in [1.82, 2.24) is 9.88 Å². The molecule has 7 heteroatoms. The number of H-pyrrole nitrogens is 1. The molecule has 2 N–H and O–H groups in total. The molecule has 2 saturated heterocycles. The van der Waals surface area contributed by atoms with Gasteiger partial charge in [0, 0.05) is 54.5 Å². The van der Waals surface area contributed by atoms with Crippen molar-refractivity contribution >= 4 is 34.1 Å². The number of ether oxygens (including phenoxy) is 1. The van der Waals surface area contributed by atoms with Crippen LogP contribution in [0.25, 0.3) is 10.9 Å². The number of benzene rings is 2. The number of nitrogens with zero attached hydrogens (tertiary/aromatic N) is 2.